The maximum absolute atomic E-state index is 12.1. The Morgan fingerprint density at radius 1 is 1.24 bits per heavy atom. The van der Waals surface area contributed by atoms with Gasteiger partial charge in [-0.3, -0.25) is 9.59 Å². The summed E-state index contributed by atoms with van der Waals surface area (Å²) in [7, 11) is 0. The van der Waals surface area contributed by atoms with Crippen molar-refractivity contribution < 1.29 is 24.2 Å². The molecular formula is C18H30N2O5. The van der Waals surface area contributed by atoms with Gasteiger partial charge in [0.05, 0.1) is 24.3 Å². The zero-order valence-electron chi connectivity index (χ0n) is 15.7. The molecule has 1 aliphatic rings. The molecule has 25 heavy (non-hydrogen) atoms. The van der Waals surface area contributed by atoms with Gasteiger partial charge in [0.1, 0.15) is 0 Å². The molecular weight excluding hydrogens is 324 g/mol. The van der Waals surface area contributed by atoms with Crippen molar-refractivity contribution in [1.29, 1.82) is 0 Å². The van der Waals surface area contributed by atoms with Gasteiger partial charge in [0.15, 0.2) is 0 Å². The molecule has 3 N–H and O–H groups in total. The third-order valence-corrected chi connectivity index (χ3v) is 4.35. The van der Waals surface area contributed by atoms with E-state index in [9.17, 15) is 19.5 Å². The first kappa shape index (κ1) is 21.2. The van der Waals surface area contributed by atoms with Crippen molar-refractivity contribution in [1.82, 2.24) is 10.6 Å². The number of carboxylic acids is 1. The summed E-state index contributed by atoms with van der Waals surface area (Å²) in [6.45, 7) is 8.90. The van der Waals surface area contributed by atoms with Crippen LogP contribution in [0.15, 0.2) is 11.6 Å². The van der Waals surface area contributed by atoms with Crippen molar-refractivity contribution >= 4 is 17.8 Å². The number of hydrogen-bond acceptors (Lipinski definition) is 4. The first-order valence-corrected chi connectivity index (χ1v) is 8.86. The van der Waals surface area contributed by atoms with Gasteiger partial charge in [-0.1, -0.05) is 27.7 Å². The van der Waals surface area contributed by atoms with Crippen molar-refractivity contribution in [3.05, 3.63) is 11.6 Å². The standard InChI is InChI=1S/C18H30N2O5/c1-6-13(7-2)25-15-9-12(18(23)24)8-14(16(15)19-11(5)21)20-17(22)10(3)4/h9-10,13-16H,6-8H2,1-5H3,(H,19,21)(H,20,22)(H,23,24)/t14-,15+,16+/m0/s1. The summed E-state index contributed by atoms with van der Waals surface area (Å²) >= 11 is 0. The molecule has 0 heterocycles. The summed E-state index contributed by atoms with van der Waals surface area (Å²) in [5.74, 6) is -1.72. The van der Waals surface area contributed by atoms with E-state index in [1.807, 2.05) is 13.8 Å². The molecule has 7 nitrogen and oxygen atoms in total. The fourth-order valence-corrected chi connectivity index (χ4v) is 2.86. The SMILES string of the molecule is CCC(CC)O[C@@H]1C=C(C(=O)O)C[C@H](NC(=O)C(C)C)[C@H]1NC(C)=O. The molecule has 0 aliphatic heterocycles. The molecule has 0 aromatic heterocycles. The summed E-state index contributed by atoms with van der Waals surface area (Å²) in [4.78, 5) is 35.3. The van der Waals surface area contributed by atoms with E-state index in [0.717, 1.165) is 12.8 Å². The van der Waals surface area contributed by atoms with Gasteiger partial charge in [0.25, 0.3) is 0 Å². The molecule has 0 radical (unpaired) electrons. The molecule has 0 saturated carbocycles. The fourth-order valence-electron chi connectivity index (χ4n) is 2.86. The lowest BCUT2D eigenvalue weighted by molar-refractivity contribution is -0.134. The fraction of sp³-hybridized carbons (Fsp3) is 0.722. The number of carbonyl (C=O) groups excluding carboxylic acids is 2. The molecule has 0 bridgehead atoms. The van der Waals surface area contributed by atoms with Crippen LogP contribution in [0.2, 0.25) is 0 Å². The number of hydrogen-bond donors (Lipinski definition) is 3. The maximum atomic E-state index is 12.1. The molecule has 3 atom stereocenters. The first-order chi connectivity index (χ1) is 11.7. The Kier molecular flexibility index (Phi) is 8.09. The molecule has 0 aromatic rings. The Morgan fingerprint density at radius 3 is 2.28 bits per heavy atom. The van der Waals surface area contributed by atoms with Gasteiger partial charge in [-0.15, -0.1) is 0 Å². The first-order valence-electron chi connectivity index (χ1n) is 8.86. The van der Waals surface area contributed by atoms with Gasteiger partial charge in [0, 0.05) is 24.8 Å². The molecule has 0 saturated heterocycles. The minimum atomic E-state index is -1.04. The Labute approximate surface area is 149 Å². The van der Waals surface area contributed by atoms with E-state index in [2.05, 4.69) is 10.6 Å². The molecule has 0 spiro atoms. The summed E-state index contributed by atoms with van der Waals surface area (Å²) in [6, 6.07) is -1.04. The number of carboxylic acid groups (broad SMARTS) is 1. The highest BCUT2D eigenvalue weighted by atomic mass is 16.5. The van der Waals surface area contributed by atoms with E-state index in [1.54, 1.807) is 19.9 Å². The molecule has 0 fully saturated rings. The van der Waals surface area contributed by atoms with Crippen molar-refractivity contribution in [2.75, 3.05) is 0 Å². The Morgan fingerprint density at radius 2 is 1.84 bits per heavy atom. The van der Waals surface area contributed by atoms with Crippen molar-refractivity contribution in [2.24, 2.45) is 5.92 Å². The third kappa shape index (κ3) is 6.16. The van der Waals surface area contributed by atoms with Crippen LogP contribution < -0.4 is 10.6 Å². The second kappa shape index (κ2) is 9.56. The molecule has 0 unspecified atom stereocenters. The van der Waals surface area contributed by atoms with E-state index in [-0.39, 0.29) is 35.8 Å². The zero-order chi connectivity index (χ0) is 19.1. The monoisotopic (exact) mass is 354 g/mol. The second-order valence-electron chi connectivity index (χ2n) is 6.74. The second-order valence-corrected chi connectivity index (χ2v) is 6.74. The smallest absolute Gasteiger partial charge is 0.331 e. The highest BCUT2D eigenvalue weighted by Gasteiger charge is 2.38. The van der Waals surface area contributed by atoms with Crippen LogP contribution in [0, 0.1) is 5.92 Å². The number of amides is 2. The topological polar surface area (TPSA) is 105 Å². The lowest BCUT2D eigenvalue weighted by atomic mass is 9.87. The summed E-state index contributed by atoms with van der Waals surface area (Å²) in [5, 5.41) is 15.1. The predicted octanol–water partition coefficient (Wildman–Crippen LogP) is 1.62. The minimum absolute atomic E-state index is 0.0490. The average Bonchev–Trinajstić information content (AvgIpc) is 2.53. The van der Waals surface area contributed by atoms with E-state index in [0.29, 0.717) is 0 Å². The molecule has 1 rings (SSSR count). The Bertz CT molecular complexity index is 526. The van der Waals surface area contributed by atoms with Crippen LogP contribution in [0.4, 0.5) is 0 Å². The number of aliphatic carboxylic acids is 1. The lowest BCUT2D eigenvalue weighted by Gasteiger charge is -2.38. The number of carbonyl (C=O) groups is 3. The molecule has 2 amide bonds. The third-order valence-electron chi connectivity index (χ3n) is 4.35. The van der Waals surface area contributed by atoms with Crippen LogP contribution in [-0.4, -0.2) is 47.2 Å². The highest BCUT2D eigenvalue weighted by Crippen LogP contribution is 2.24. The minimum Gasteiger partial charge on any atom is -0.478 e. The maximum Gasteiger partial charge on any atom is 0.331 e. The van der Waals surface area contributed by atoms with Crippen molar-refractivity contribution in [3.63, 3.8) is 0 Å². The van der Waals surface area contributed by atoms with E-state index in [1.165, 1.54) is 6.92 Å². The van der Waals surface area contributed by atoms with Gasteiger partial charge >= 0.3 is 5.97 Å². The van der Waals surface area contributed by atoms with Gasteiger partial charge < -0.3 is 20.5 Å². The largest absolute Gasteiger partial charge is 0.478 e. The van der Waals surface area contributed by atoms with Gasteiger partial charge in [-0.2, -0.15) is 0 Å². The van der Waals surface area contributed by atoms with E-state index in [4.69, 9.17) is 4.74 Å². The van der Waals surface area contributed by atoms with Gasteiger partial charge in [0.2, 0.25) is 11.8 Å². The van der Waals surface area contributed by atoms with Crippen LogP contribution in [0.3, 0.4) is 0 Å². The summed E-state index contributed by atoms with van der Waals surface area (Å²) < 4.78 is 6.05. The van der Waals surface area contributed by atoms with Crippen molar-refractivity contribution in [2.45, 2.75) is 78.2 Å². The molecule has 0 aromatic carbocycles. The number of nitrogens with one attached hydrogen (secondary N) is 2. The predicted molar refractivity (Wildman–Crippen MR) is 94.0 cm³/mol. The van der Waals surface area contributed by atoms with Crippen LogP contribution in [-0.2, 0) is 19.1 Å². The molecule has 7 heteroatoms. The Hall–Kier alpha value is -1.89. The van der Waals surface area contributed by atoms with E-state index < -0.39 is 24.2 Å². The number of rotatable bonds is 8. The van der Waals surface area contributed by atoms with Gasteiger partial charge in [-0.05, 0) is 18.9 Å². The average molecular weight is 354 g/mol. The van der Waals surface area contributed by atoms with Crippen LogP contribution in [0.25, 0.3) is 0 Å². The summed E-state index contributed by atoms with van der Waals surface area (Å²) in [5.41, 5.74) is 0.187. The highest BCUT2D eigenvalue weighted by molar-refractivity contribution is 5.87. The Balaban J connectivity index is 3.16. The molecule has 142 valence electrons. The van der Waals surface area contributed by atoms with Crippen molar-refractivity contribution in [3.8, 4) is 0 Å². The zero-order valence-corrected chi connectivity index (χ0v) is 15.7. The van der Waals surface area contributed by atoms with Crippen LogP contribution in [0.1, 0.15) is 53.9 Å². The van der Waals surface area contributed by atoms with E-state index >= 15 is 0 Å². The van der Waals surface area contributed by atoms with Crippen LogP contribution >= 0.6 is 0 Å². The normalized spacial score (nSPS) is 23.3. The van der Waals surface area contributed by atoms with Crippen LogP contribution in [0.5, 0.6) is 0 Å². The number of ether oxygens (including phenoxy) is 1. The summed E-state index contributed by atoms with van der Waals surface area (Å²) in [6.07, 6.45) is 2.59. The quantitative estimate of drug-likeness (QED) is 0.614. The van der Waals surface area contributed by atoms with Gasteiger partial charge in [-0.25, -0.2) is 4.79 Å². The lowest BCUT2D eigenvalue weighted by Crippen LogP contribution is -2.60. The molecule has 1 aliphatic carbocycles.